The SMILES string of the molecule is C=C1NC(=C)C2C1C21C(=C)N(C(C)C)C(=C)C1C. The van der Waals surface area contributed by atoms with Gasteiger partial charge in [-0.25, -0.2) is 0 Å². The van der Waals surface area contributed by atoms with Gasteiger partial charge in [0.2, 0.25) is 0 Å². The fraction of sp³-hybridized carbons (Fsp3) is 0.500. The summed E-state index contributed by atoms with van der Waals surface area (Å²) in [5.41, 5.74) is 4.74. The molecule has 2 saturated heterocycles. The summed E-state index contributed by atoms with van der Waals surface area (Å²) in [6, 6.07) is 0.419. The van der Waals surface area contributed by atoms with Crippen molar-refractivity contribution in [3.05, 3.63) is 49.1 Å². The van der Waals surface area contributed by atoms with Gasteiger partial charge in [0.1, 0.15) is 0 Å². The Bertz CT molecular complexity index is 477. The Kier molecular flexibility index (Phi) is 2.01. The van der Waals surface area contributed by atoms with E-state index in [9.17, 15) is 0 Å². The monoisotopic (exact) mass is 242 g/mol. The number of hydrogen-bond acceptors (Lipinski definition) is 2. The van der Waals surface area contributed by atoms with E-state index in [0.717, 1.165) is 11.4 Å². The highest BCUT2D eigenvalue weighted by Crippen LogP contribution is 2.78. The third kappa shape index (κ3) is 0.969. The van der Waals surface area contributed by atoms with Gasteiger partial charge in [0.15, 0.2) is 0 Å². The molecule has 96 valence electrons. The summed E-state index contributed by atoms with van der Waals surface area (Å²) in [5.74, 6) is 1.36. The third-order valence-electron chi connectivity index (χ3n) is 5.16. The molecular weight excluding hydrogens is 220 g/mol. The van der Waals surface area contributed by atoms with Gasteiger partial charge in [-0.15, -0.1) is 0 Å². The zero-order valence-corrected chi connectivity index (χ0v) is 11.6. The average molecular weight is 242 g/mol. The Labute approximate surface area is 110 Å². The van der Waals surface area contributed by atoms with Crippen LogP contribution >= 0.6 is 0 Å². The molecule has 18 heavy (non-hydrogen) atoms. The first-order valence-electron chi connectivity index (χ1n) is 6.67. The molecule has 0 radical (unpaired) electrons. The minimum Gasteiger partial charge on any atom is -0.363 e. The van der Waals surface area contributed by atoms with E-state index in [1.165, 1.54) is 11.4 Å². The highest BCUT2D eigenvalue weighted by atomic mass is 15.3. The van der Waals surface area contributed by atoms with Gasteiger partial charge in [0.05, 0.1) is 0 Å². The standard InChI is InChI=1S/C16H22N2/c1-8(2)18-12(6)9(3)16(13(18)7)14-10(4)17-11(5)15(14)16/h8-9,14-15,17H,4-7H2,1-3H3. The molecule has 2 aliphatic heterocycles. The topological polar surface area (TPSA) is 15.3 Å². The Morgan fingerprint density at radius 2 is 1.61 bits per heavy atom. The number of likely N-dealkylation sites (tertiary alicyclic amines) is 1. The Morgan fingerprint density at radius 3 is 2.00 bits per heavy atom. The number of allylic oxidation sites excluding steroid dienone is 4. The van der Waals surface area contributed by atoms with Gasteiger partial charge in [0.25, 0.3) is 0 Å². The van der Waals surface area contributed by atoms with Crippen molar-refractivity contribution in [1.29, 1.82) is 0 Å². The smallest absolute Gasteiger partial charge is 0.0358 e. The molecule has 0 aromatic carbocycles. The molecule has 0 amide bonds. The second kappa shape index (κ2) is 3.11. The summed E-state index contributed by atoms with van der Waals surface area (Å²) < 4.78 is 0. The lowest BCUT2D eigenvalue weighted by atomic mass is 9.85. The fourth-order valence-corrected chi connectivity index (χ4v) is 4.41. The fourth-order valence-electron chi connectivity index (χ4n) is 4.41. The summed E-state index contributed by atoms with van der Waals surface area (Å²) in [7, 11) is 0. The Hall–Kier alpha value is -1.44. The largest absolute Gasteiger partial charge is 0.363 e. The van der Waals surface area contributed by atoms with Gasteiger partial charge in [-0.2, -0.15) is 0 Å². The lowest BCUT2D eigenvalue weighted by Crippen LogP contribution is -2.27. The van der Waals surface area contributed by atoms with E-state index in [1.807, 2.05) is 0 Å². The third-order valence-corrected chi connectivity index (χ3v) is 5.16. The summed E-state index contributed by atoms with van der Waals surface area (Å²) in [6.45, 7) is 23.6. The maximum Gasteiger partial charge on any atom is 0.0358 e. The van der Waals surface area contributed by atoms with Crippen LogP contribution in [0, 0.1) is 23.2 Å². The van der Waals surface area contributed by atoms with E-state index < -0.39 is 0 Å². The molecule has 3 rings (SSSR count). The molecule has 1 aliphatic carbocycles. The molecule has 1 saturated carbocycles. The van der Waals surface area contributed by atoms with Crippen LogP contribution in [0.15, 0.2) is 49.1 Å². The van der Waals surface area contributed by atoms with Crippen molar-refractivity contribution < 1.29 is 0 Å². The predicted molar refractivity (Wildman–Crippen MR) is 75.2 cm³/mol. The molecular formula is C16H22N2. The van der Waals surface area contributed by atoms with Crippen molar-refractivity contribution in [1.82, 2.24) is 10.2 Å². The molecule has 2 nitrogen and oxygen atoms in total. The number of hydrogen-bond donors (Lipinski definition) is 1. The van der Waals surface area contributed by atoms with Gasteiger partial charge in [-0.05, 0) is 13.8 Å². The molecule has 1 spiro atoms. The van der Waals surface area contributed by atoms with E-state index in [-0.39, 0.29) is 5.41 Å². The van der Waals surface area contributed by atoms with Crippen molar-refractivity contribution >= 4 is 0 Å². The quantitative estimate of drug-likeness (QED) is 0.759. The van der Waals surface area contributed by atoms with Gasteiger partial charge in [0, 0.05) is 52.0 Å². The number of nitrogens with one attached hydrogen (secondary N) is 1. The van der Waals surface area contributed by atoms with Crippen LogP contribution in [0.3, 0.4) is 0 Å². The summed E-state index contributed by atoms with van der Waals surface area (Å²) >= 11 is 0. The molecule has 2 heterocycles. The van der Waals surface area contributed by atoms with E-state index in [4.69, 9.17) is 0 Å². The first kappa shape index (κ1) is 11.6. The van der Waals surface area contributed by atoms with Crippen molar-refractivity contribution in [3.8, 4) is 0 Å². The number of nitrogens with zero attached hydrogens (tertiary/aromatic N) is 1. The van der Waals surface area contributed by atoms with Crippen molar-refractivity contribution in [2.45, 2.75) is 26.8 Å². The minimum absolute atomic E-state index is 0.112. The molecule has 1 N–H and O–H groups in total. The molecule has 3 atom stereocenters. The van der Waals surface area contributed by atoms with Crippen LogP contribution in [0.2, 0.25) is 0 Å². The van der Waals surface area contributed by atoms with Crippen molar-refractivity contribution in [3.63, 3.8) is 0 Å². The van der Waals surface area contributed by atoms with Gasteiger partial charge in [-0.3, -0.25) is 0 Å². The molecule has 0 aromatic rings. The Morgan fingerprint density at radius 1 is 1.11 bits per heavy atom. The maximum atomic E-state index is 4.38. The van der Waals surface area contributed by atoms with Crippen LogP contribution in [-0.2, 0) is 0 Å². The summed E-state index contributed by atoms with van der Waals surface area (Å²) in [4.78, 5) is 2.31. The maximum absolute atomic E-state index is 4.38. The van der Waals surface area contributed by atoms with Crippen LogP contribution in [-0.4, -0.2) is 10.9 Å². The highest BCUT2D eigenvalue weighted by Gasteiger charge is 2.77. The Balaban J connectivity index is 2.06. The van der Waals surface area contributed by atoms with E-state index in [2.05, 4.69) is 57.3 Å². The number of piperidine rings is 1. The van der Waals surface area contributed by atoms with Crippen LogP contribution in [0.1, 0.15) is 20.8 Å². The number of fused-ring (bicyclic) bond motifs is 3. The van der Waals surface area contributed by atoms with Crippen LogP contribution in [0.25, 0.3) is 0 Å². The van der Waals surface area contributed by atoms with Crippen LogP contribution < -0.4 is 5.32 Å². The predicted octanol–water partition coefficient (Wildman–Crippen LogP) is 3.24. The van der Waals surface area contributed by atoms with Crippen LogP contribution in [0.4, 0.5) is 0 Å². The van der Waals surface area contributed by atoms with E-state index >= 15 is 0 Å². The normalized spacial score (nSPS) is 42.0. The van der Waals surface area contributed by atoms with Crippen LogP contribution in [0.5, 0.6) is 0 Å². The highest BCUT2D eigenvalue weighted by molar-refractivity contribution is 5.52. The van der Waals surface area contributed by atoms with Gasteiger partial charge in [-0.1, -0.05) is 33.2 Å². The molecule has 0 bridgehead atoms. The lowest BCUT2D eigenvalue weighted by molar-refractivity contribution is 0.360. The number of rotatable bonds is 1. The molecule has 3 unspecified atom stereocenters. The second-order valence-electron chi connectivity index (χ2n) is 6.19. The summed E-state index contributed by atoms with van der Waals surface area (Å²) in [5, 5.41) is 3.29. The second-order valence-corrected chi connectivity index (χ2v) is 6.19. The first-order chi connectivity index (χ1) is 8.35. The van der Waals surface area contributed by atoms with Crippen molar-refractivity contribution in [2.75, 3.05) is 0 Å². The molecule has 3 fully saturated rings. The molecule has 0 aromatic heterocycles. The van der Waals surface area contributed by atoms with Crippen molar-refractivity contribution in [2.24, 2.45) is 23.2 Å². The average Bonchev–Trinajstić information content (AvgIpc) is 2.83. The zero-order chi connectivity index (χ0) is 13.4. The molecule has 3 aliphatic rings. The lowest BCUT2D eigenvalue weighted by Gasteiger charge is -2.27. The molecule has 2 heteroatoms. The minimum atomic E-state index is 0.112. The van der Waals surface area contributed by atoms with Gasteiger partial charge < -0.3 is 10.2 Å². The van der Waals surface area contributed by atoms with E-state index in [1.54, 1.807) is 0 Å². The first-order valence-corrected chi connectivity index (χ1v) is 6.67. The zero-order valence-electron chi connectivity index (χ0n) is 11.6. The summed E-state index contributed by atoms with van der Waals surface area (Å²) in [6.07, 6.45) is 0. The van der Waals surface area contributed by atoms with E-state index in [0.29, 0.717) is 23.8 Å². The van der Waals surface area contributed by atoms with Gasteiger partial charge >= 0.3 is 0 Å².